The summed E-state index contributed by atoms with van der Waals surface area (Å²) in [5.74, 6) is 0.892. The van der Waals surface area contributed by atoms with Crippen LogP contribution >= 0.6 is 0 Å². The molecule has 168 valence electrons. The molecule has 1 aromatic heterocycles. The lowest BCUT2D eigenvalue weighted by atomic mass is 10.1. The number of aromatic nitrogens is 3. The third-order valence-corrected chi connectivity index (χ3v) is 6.74. The van der Waals surface area contributed by atoms with E-state index in [0.29, 0.717) is 13.0 Å². The molecule has 0 saturated heterocycles. The maximum absolute atomic E-state index is 13.1. The number of amides is 1. The lowest BCUT2D eigenvalue weighted by Crippen LogP contribution is -2.28. The largest absolute Gasteiger partial charge is 0.352 e. The van der Waals surface area contributed by atoms with Crippen LogP contribution in [0.2, 0.25) is 0 Å². The van der Waals surface area contributed by atoms with Gasteiger partial charge in [0.15, 0.2) is 0 Å². The first-order chi connectivity index (χ1) is 15.4. The highest BCUT2D eigenvalue weighted by Gasteiger charge is 2.19. The zero-order chi connectivity index (χ0) is 22.6. The van der Waals surface area contributed by atoms with Gasteiger partial charge in [-0.15, -0.1) is 10.2 Å². The number of aryl methyl sites for hydroxylation is 1. The number of anilines is 1. The average molecular weight is 458 g/mol. The molecule has 32 heavy (non-hydrogen) atoms. The van der Waals surface area contributed by atoms with Crippen LogP contribution in [0.1, 0.15) is 41.3 Å². The van der Waals surface area contributed by atoms with E-state index in [1.54, 1.807) is 18.2 Å². The molecule has 0 spiro atoms. The van der Waals surface area contributed by atoms with Crippen molar-refractivity contribution in [2.75, 3.05) is 11.3 Å². The molecule has 0 saturated carbocycles. The number of nitrogens with zero attached hydrogens (tertiary/aromatic N) is 3. The number of rotatable bonds is 7. The van der Waals surface area contributed by atoms with Crippen molar-refractivity contribution in [2.24, 2.45) is 0 Å². The molecule has 0 fully saturated rings. The molecule has 8 nitrogen and oxygen atoms in total. The number of benzene rings is 2. The molecule has 0 bridgehead atoms. The number of carbonyl (C=O) groups is 1. The van der Waals surface area contributed by atoms with Gasteiger partial charge in [0.1, 0.15) is 17.5 Å². The van der Waals surface area contributed by atoms with Crippen LogP contribution in [-0.4, -0.2) is 35.6 Å². The zero-order valence-electron chi connectivity index (χ0n) is 17.4. The lowest BCUT2D eigenvalue weighted by molar-refractivity contribution is 0.0954. The molecule has 4 rings (SSSR count). The first-order valence-electron chi connectivity index (χ1n) is 10.5. The van der Waals surface area contributed by atoms with Crippen LogP contribution in [0.25, 0.3) is 0 Å². The Morgan fingerprint density at radius 1 is 1.03 bits per heavy atom. The van der Waals surface area contributed by atoms with Gasteiger partial charge < -0.3 is 9.88 Å². The van der Waals surface area contributed by atoms with Crippen LogP contribution in [0.4, 0.5) is 10.1 Å². The number of para-hydroxylation sites is 1. The van der Waals surface area contributed by atoms with E-state index in [0.717, 1.165) is 49.6 Å². The molecule has 0 atom stereocenters. The number of carbonyl (C=O) groups excluding carboxylic acids is 1. The molecule has 3 aromatic rings. The Balaban J connectivity index is 1.43. The summed E-state index contributed by atoms with van der Waals surface area (Å²) >= 11 is 0. The standard InChI is InChI=1S/C22H24FN5O3S/c23-16-9-11-17(12-10-16)32(30,31)27-19-7-4-3-6-18(19)22(29)24-14-13-21-26-25-20-8-2-1-5-15-28(20)21/h3-4,6-7,9-12,27H,1-2,5,8,13-15H2,(H,24,29). The predicted octanol–water partition coefficient (Wildman–Crippen LogP) is 2.92. The van der Waals surface area contributed by atoms with Gasteiger partial charge in [-0.2, -0.15) is 0 Å². The summed E-state index contributed by atoms with van der Waals surface area (Å²) in [6.45, 7) is 1.23. The van der Waals surface area contributed by atoms with Crippen LogP contribution in [0, 0.1) is 5.82 Å². The van der Waals surface area contributed by atoms with Gasteiger partial charge in [-0.05, 0) is 49.2 Å². The molecule has 0 radical (unpaired) electrons. The second-order valence-electron chi connectivity index (χ2n) is 7.61. The van der Waals surface area contributed by atoms with E-state index in [9.17, 15) is 17.6 Å². The van der Waals surface area contributed by atoms with E-state index in [-0.39, 0.29) is 16.1 Å². The first kappa shape index (κ1) is 21.9. The number of fused-ring (bicyclic) bond motifs is 1. The molecule has 1 aliphatic heterocycles. The Labute approximate surface area is 185 Å². The maximum Gasteiger partial charge on any atom is 0.261 e. The molecule has 0 unspecified atom stereocenters. The summed E-state index contributed by atoms with van der Waals surface area (Å²) in [5, 5.41) is 11.3. The van der Waals surface area contributed by atoms with Crippen molar-refractivity contribution in [3.05, 3.63) is 71.6 Å². The van der Waals surface area contributed by atoms with E-state index < -0.39 is 21.7 Å². The minimum atomic E-state index is -3.97. The maximum atomic E-state index is 13.1. The van der Waals surface area contributed by atoms with E-state index in [4.69, 9.17) is 0 Å². The van der Waals surface area contributed by atoms with Crippen molar-refractivity contribution in [3.8, 4) is 0 Å². The van der Waals surface area contributed by atoms with Crippen molar-refractivity contribution in [3.63, 3.8) is 0 Å². The quantitative estimate of drug-likeness (QED) is 0.568. The van der Waals surface area contributed by atoms with Crippen molar-refractivity contribution in [1.82, 2.24) is 20.1 Å². The Kier molecular flexibility index (Phi) is 6.50. The van der Waals surface area contributed by atoms with E-state index in [1.165, 1.54) is 24.6 Å². The van der Waals surface area contributed by atoms with Gasteiger partial charge in [-0.1, -0.05) is 18.6 Å². The summed E-state index contributed by atoms with van der Waals surface area (Å²) in [7, 11) is -3.97. The first-order valence-corrected chi connectivity index (χ1v) is 12.0. The summed E-state index contributed by atoms with van der Waals surface area (Å²) in [6.07, 6.45) is 4.82. The Morgan fingerprint density at radius 3 is 2.62 bits per heavy atom. The van der Waals surface area contributed by atoms with Crippen molar-refractivity contribution in [2.45, 2.75) is 43.5 Å². The monoisotopic (exact) mass is 457 g/mol. The van der Waals surface area contributed by atoms with Crippen molar-refractivity contribution >= 4 is 21.6 Å². The summed E-state index contributed by atoms with van der Waals surface area (Å²) in [6, 6.07) is 10.8. The molecular weight excluding hydrogens is 433 g/mol. The van der Waals surface area contributed by atoms with Crippen molar-refractivity contribution < 1.29 is 17.6 Å². The fraction of sp³-hybridized carbons (Fsp3) is 0.318. The number of hydrogen-bond donors (Lipinski definition) is 2. The second kappa shape index (κ2) is 9.47. The lowest BCUT2D eigenvalue weighted by Gasteiger charge is -2.13. The zero-order valence-corrected chi connectivity index (χ0v) is 18.2. The van der Waals surface area contributed by atoms with E-state index >= 15 is 0 Å². The predicted molar refractivity (Wildman–Crippen MR) is 117 cm³/mol. The number of halogens is 1. The Bertz CT molecular complexity index is 1210. The smallest absolute Gasteiger partial charge is 0.261 e. The molecule has 1 amide bonds. The minimum absolute atomic E-state index is 0.0957. The highest BCUT2D eigenvalue weighted by Crippen LogP contribution is 2.20. The summed E-state index contributed by atoms with van der Waals surface area (Å²) in [5.41, 5.74) is 0.337. The molecule has 1 aliphatic rings. The molecule has 0 aliphatic carbocycles. The second-order valence-corrected chi connectivity index (χ2v) is 9.29. The number of nitrogens with one attached hydrogen (secondary N) is 2. The fourth-order valence-electron chi connectivity index (χ4n) is 3.70. The van der Waals surface area contributed by atoms with Crippen LogP contribution in [-0.2, 0) is 29.4 Å². The highest BCUT2D eigenvalue weighted by atomic mass is 32.2. The average Bonchev–Trinajstić information content (AvgIpc) is 3.00. The van der Waals surface area contributed by atoms with Gasteiger partial charge in [0.2, 0.25) is 0 Å². The van der Waals surface area contributed by atoms with Gasteiger partial charge in [-0.25, -0.2) is 12.8 Å². The highest BCUT2D eigenvalue weighted by molar-refractivity contribution is 7.92. The normalized spacial score (nSPS) is 13.8. The molecular formula is C22H24FN5O3S. The third-order valence-electron chi connectivity index (χ3n) is 5.36. The Hall–Kier alpha value is -3.27. The van der Waals surface area contributed by atoms with Crippen molar-refractivity contribution in [1.29, 1.82) is 0 Å². The summed E-state index contributed by atoms with van der Waals surface area (Å²) in [4.78, 5) is 12.7. The Morgan fingerprint density at radius 2 is 1.81 bits per heavy atom. The topological polar surface area (TPSA) is 106 Å². The van der Waals surface area contributed by atoms with Gasteiger partial charge >= 0.3 is 0 Å². The van der Waals surface area contributed by atoms with Crippen LogP contribution in [0.5, 0.6) is 0 Å². The van der Waals surface area contributed by atoms with Crippen LogP contribution < -0.4 is 10.0 Å². The van der Waals surface area contributed by atoms with E-state index in [2.05, 4.69) is 24.8 Å². The molecule has 10 heteroatoms. The SMILES string of the molecule is O=C(NCCc1nnc2n1CCCCC2)c1ccccc1NS(=O)(=O)c1ccc(F)cc1. The number of sulfonamides is 1. The third kappa shape index (κ3) is 4.96. The minimum Gasteiger partial charge on any atom is -0.352 e. The molecule has 2 aromatic carbocycles. The van der Waals surface area contributed by atoms with Gasteiger partial charge in [0.05, 0.1) is 16.1 Å². The molecule has 2 N–H and O–H groups in total. The van der Waals surface area contributed by atoms with Gasteiger partial charge in [-0.3, -0.25) is 9.52 Å². The van der Waals surface area contributed by atoms with Gasteiger partial charge in [0, 0.05) is 25.9 Å². The van der Waals surface area contributed by atoms with Gasteiger partial charge in [0.25, 0.3) is 15.9 Å². The number of hydrogen-bond acceptors (Lipinski definition) is 5. The summed E-state index contributed by atoms with van der Waals surface area (Å²) < 4.78 is 43.0. The van der Waals surface area contributed by atoms with E-state index in [1.807, 2.05) is 0 Å². The van der Waals surface area contributed by atoms with Crippen LogP contribution in [0.15, 0.2) is 53.4 Å². The molecule has 2 heterocycles. The van der Waals surface area contributed by atoms with Crippen LogP contribution in [0.3, 0.4) is 0 Å². The fourth-order valence-corrected chi connectivity index (χ4v) is 4.78.